The molecule has 10 nitrogen and oxygen atoms in total. The monoisotopic (exact) mass is 561 g/mol. The lowest BCUT2D eigenvalue weighted by atomic mass is 10.1. The Morgan fingerprint density at radius 1 is 1.15 bits per heavy atom. The Bertz CT molecular complexity index is 1690. The van der Waals surface area contributed by atoms with E-state index in [0.29, 0.717) is 61.8 Å². The lowest BCUT2D eigenvalue weighted by molar-refractivity contribution is 0.0401. The number of nitrogens with zero attached hydrogens (tertiary/aromatic N) is 4. The van der Waals surface area contributed by atoms with Crippen LogP contribution in [0.1, 0.15) is 24.8 Å². The molecule has 1 amide bonds. The van der Waals surface area contributed by atoms with Gasteiger partial charge in [-0.1, -0.05) is 0 Å². The van der Waals surface area contributed by atoms with Gasteiger partial charge in [0.1, 0.15) is 17.2 Å². The maximum atomic E-state index is 15.2. The number of aliphatic hydroxyl groups is 1. The molecule has 0 bridgehead atoms. The summed E-state index contributed by atoms with van der Waals surface area (Å²) in [6.45, 7) is -0.190. The summed E-state index contributed by atoms with van der Waals surface area (Å²) in [5, 5.41) is 13.0. The van der Waals surface area contributed by atoms with E-state index >= 15 is 4.39 Å². The quantitative estimate of drug-likeness (QED) is 0.265. The fourth-order valence-electron chi connectivity index (χ4n) is 4.70. The number of aromatic nitrogens is 4. The van der Waals surface area contributed by atoms with Crippen LogP contribution in [-0.4, -0.2) is 50.5 Å². The number of methoxy groups -OCH3 is 1. The molecular weight excluding hydrogens is 537 g/mol. The zero-order valence-corrected chi connectivity index (χ0v) is 22.2. The van der Waals surface area contributed by atoms with E-state index in [-0.39, 0.29) is 12.4 Å². The van der Waals surface area contributed by atoms with Crippen LogP contribution in [0.5, 0.6) is 11.6 Å². The SMILES string of the molecule is COc1cnc2c(-c3nc4cc(F)c(O[C@H]5CCC[C@H]5OC(=O)Nc5cccnc5)cc4s3)cc(CO)cc2n1. The van der Waals surface area contributed by atoms with Crippen LogP contribution in [0.4, 0.5) is 14.9 Å². The number of pyridine rings is 1. The second-order valence-corrected chi connectivity index (χ2v) is 10.3. The first-order valence-corrected chi connectivity index (χ1v) is 13.4. The van der Waals surface area contributed by atoms with Crippen LogP contribution in [-0.2, 0) is 11.3 Å². The number of aliphatic hydroxyl groups excluding tert-OH is 1. The molecule has 0 unspecified atom stereocenters. The molecule has 204 valence electrons. The van der Waals surface area contributed by atoms with E-state index in [0.717, 1.165) is 6.42 Å². The maximum Gasteiger partial charge on any atom is 0.412 e. The first-order chi connectivity index (χ1) is 19.5. The standard InChI is InChI=1S/C28H24FN5O5S/c1-37-25-13-31-26-17(8-15(14-35)9-20(26)33-25)27-34-19-10-18(29)23(11-24(19)40-27)38-21-5-2-6-22(21)39-28(36)32-16-4-3-7-30-12-16/h3-4,7-13,21-22,35H,2,5-6,14H2,1H3,(H,32,36)/t21-,22+/m0/s1. The van der Waals surface area contributed by atoms with Gasteiger partial charge in [-0.3, -0.25) is 10.3 Å². The molecule has 0 aliphatic heterocycles. The average molecular weight is 562 g/mol. The van der Waals surface area contributed by atoms with E-state index in [1.807, 2.05) is 0 Å². The molecule has 1 aliphatic rings. The lowest BCUT2D eigenvalue weighted by Gasteiger charge is -2.22. The fourth-order valence-corrected chi connectivity index (χ4v) is 5.69. The summed E-state index contributed by atoms with van der Waals surface area (Å²) in [5.41, 5.74) is 3.43. The lowest BCUT2D eigenvalue weighted by Crippen LogP contribution is -2.32. The molecule has 0 saturated heterocycles. The van der Waals surface area contributed by atoms with Gasteiger partial charge in [0.25, 0.3) is 0 Å². The highest BCUT2D eigenvalue weighted by atomic mass is 32.1. The Morgan fingerprint density at radius 2 is 2.02 bits per heavy atom. The van der Waals surface area contributed by atoms with Crippen LogP contribution in [0.3, 0.4) is 0 Å². The summed E-state index contributed by atoms with van der Waals surface area (Å²) < 4.78 is 32.7. The minimum Gasteiger partial charge on any atom is -0.483 e. The van der Waals surface area contributed by atoms with E-state index in [1.165, 1.54) is 36.9 Å². The number of amides is 1. The van der Waals surface area contributed by atoms with Crippen molar-refractivity contribution < 1.29 is 28.5 Å². The van der Waals surface area contributed by atoms with Crippen LogP contribution < -0.4 is 14.8 Å². The Hall–Kier alpha value is -4.42. The van der Waals surface area contributed by atoms with Crippen LogP contribution in [0, 0.1) is 5.82 Å². The van der Waals surface area contributed by atoms with Crippen LogP contribution in [0.2, 0.25) is 0 Å². The fraction of sp³-hybridized carbons (Fsp3) is 0.250. The number of thiazole rings is 1. The molecular formula is C28H24FN5O5S. The number of fused-ring (bicyclic) bond motifs is 2. The molecule has 2 N–H and O–H groups in total. The maximum absolute atomic E-state index is 15.2. The number of rotatable bonds is 7. The van der Waals surface area contributed by atoms with Crippen LogP contribution in [0.25, 0.3) is 31.8 Å². The number of hydrogen-bond donors (Lipinski definition) is 2. The highest BCUT2D eigenvalue weighted by Gasteiger charge is 2.33. The number of nitrogens with one attached hydrogen (secondary N) is 1. The predicted octanol–water partition coefficient (Wildman–Crippen LogP) is 5.49. The summed E-state index contributed by atoms with van der Waals surface area (Å²) in [7, 11) is 1.51. The molecule has 5 aromatic rings. The summed E-state index contributed by atoms with van der Waals surface area (Å²) in [5.74, 6) is -0.145. The van der Waals surface area contributed by atoms with E-state index < -0.39 is 24.1 Å². The van der Waals surface area contributed by atoms with Gasteiger partial charge < -0.3 is 19.3 Å². The number of halogens is 1. The minimum absolute atomic E-state index is 0.0642. The van der Waals surface area contributed by atoms with Crippen molar-refractivity contribution in [1.82, 2.24) is 19.9 Å². The van der Waals surface area contributed by atoms with Crippen molar-refractivity contribution >= 4 is 44.4 Å². The van der Waals surface area contributed by atoms with E-state index in [1.54, 1.807) is 36.5 Å². The van der Waals surface area contributed by atoms with Crippen molar-refractivity contribution in [3.63, 3.8) is 0 Å². The molecule has 0 radical (unpaired) electrons. The third kappa shape index (κ3) is 5.23. The zero-order chi connectivity index (χ0) is 27.6. The van der Waals surface area contributed by atoms with Crippen molar-refractivity contribution in [2.24, 2.45) is 0 Å². The molecule has 40 heavy (non-hydrogen) atoms. The number of benzene rings is 2. The third-order valence-corrected chi connectivity index (χ3v) is 7.64. The molecule has 1 aliphatic carbocycles. The number of carbonyl (C=O) groups excluding carboxylic acids is 1. The normalized spacial score (nSPS) is 16.8. The highest BCUT2D eigenvalue weighted by Crippen LogP contribution is 2.38. The Kier molecular flexibility index (Phi) is 7.10. The van der Waals surface area contributed by atoms with Crippen LogP contribution >= 0.6 is 11.3 Å². The van der Waals surface area contributed by atoms with Crippen molar-refractivity contribution in [1.29, 1.82) is 0 Å². The van der Waals surface area contributed by atoms with Crippen molar-refractivity contribution in [2.45, 2.75) is 38.1 Å². The van der Waals surface area contributed by atoms with Gasteiger partial charge in [0.05, 0.1) is 53.0 Å². The number of hydrogen-bond acceptors (Lipinski definition) is 10. The molecule has 3 heterocycles. The Balaban J connectivity index is 1.25. The van der Waals surface area contributed by atoms with Gasteiger partial charge in [0.15, 0.2) is 11.6 Å². The van der Waals surface area contributed by atoms with Gasteiger partial charge >= 0.3 is 6.09 Å². The average Bonchev–Trinajstić information content (AvgIpc) is 3.58. The summed E-state index contributed by atoms with van der Waals surface area (Å²) >= 11 is 1.35. The summed E-state index contributed by atoms with van der Waals surface area (Å²) in [4.78, 5) is 29.9. The topological polar surface area (TPSA) is 129 Å². The molecule has 2 atom stereocenters. The van der Waals surface area contributed by atoms with Gasteiger partial charge in [0.2, 0.25) is 5.88 Å². The number of carbonyl (C=O) groups is 1. The Morgan fingerprint density at radius 3 is 2.83 bits per heavy atom. The van der Waals surface area contributed by atoms with E-state index in [9.17, 15) is 9.90 Å². The van der Waals surface area contributed by atoms with Gasteiger partial charge in [-0.25, -0.2) is 24.1 Å². The smallest absolute Gasteiger partial charge is 0.412 e. The second kappa shape index (κ2) is 11.0. The predicted molar refractivity (Wildman–Crippen MR) is 147 cm³/mol. The first kappa shape index (κ1) is 25.8. The van der Waals surface area contributed by atoms with E-state index in [2.05, 4.69) is 25.3 Å². The van der Waals surface area contributed by atoms with Crippen LogP contribution in [0.15, 0.2) is 55.0 Å². The van der Waals surface area contributed by atoms with Crippen molar-refractivity contribution in [3.8, 4) is 22.2 Å². The highest BCUT2D eigenvalue weighted by molar-refractivity contribution is 7.21. The van der Waals surface area contributed by atoms with Gasteiger partial charge in [-0.05, 0) is 49.1 Å². The first-order valence-electron chi connectivity index (χ1n) is 12.6. The Labute approximate surface area is 231 Å². The second-order valence-electron chi connectivity index (χ2n) is 9.25. The summed E-state index contributed by atoms with van der Waals surface area (Å²) in [6, 6.07) is 9.89. The molecule has 1 fully saturated rings. The molecule has 2 aromatic carbocycles. The van der Waals surface area contributed by atoms with E-state index in [4.69, 9.17) is 14.2 Å². The molecule has 3 aromatic heterocycles. The molecule has 6 rings (SSSR count). The third-order valence-electron chi connectivity index (χ3n) is 6.59. The van der Waals surface area contributed by atoms with Gasteiger partial charge in [-0.2, -0.15) is 0 Å². The number of ether oxygens (including phenoxy) is 3. The summed E-state index contributed by atoms with van der Waals surface area (Å²) in [6.07, 6.45) is 5.03. The molecule has 12 heteroatoms. The number of anilines is 1. The van der Waals surface area contributed by atoms with Gasteiger partial charge in [-0.15, -0.1) is 11.3 Å². The molecule has 0 spiro atoms. The minimum atomic E-state index is -0.616. The zero-order valence-electron chi connectivity index (χ0n) is 21.3. The van der Waals surface area contributed by atoms with Crippen molar-refractivity contribution in [2.75, 3.05) is 12.4 Å². The van der Waals surface area contributed by atoms with Gasteiger partial charge in [0, 0.05) is 23.9 Å². The van der Waals surface area contributed by atoms with Crippen molar-refractivity contribution in [3.05, 3.63) is 66.4 Å². The largest absolute Gasteiger partial charge is 0.483 e. The molecule has 1 saturated carbocycles.